The van der Waals surface area contributed by atoms with Crippen molar-refractivity contribution in [2.45, 2.75) is 44.5 Å². The van der Waals surface area contributed by atoms with Crippen LogP contribution in [0.15, 0.2) is 0 Å². The van der Waals surface area contributed by atoms with Crippen molar-refractivity contribution in [3.63, 3.8) is 0 Å². The Kier molecular flexibility index (Phi) is 10.4. The highest BCUT2D eigenvalue weighted by molar-refractivity contribution is 14.1. The number of aliphatic hydroxyl groups is 2. The third-order valence-electron chi connectivity index (χ3n) is 2.22. The van der Waals surface area contributed by atoms with Gasteiger partial charge in [-0.3, -0.25) is 4.79 Å². The molecule has 4 N–H and O–H groups in total. The molecule has 0 aliphatic heterocycles. The lowest BCUT2D eigenvalue weighted by Crippen LogP contribution is -2.39. The number of carbonyl (C=O) groups is 1. The predicted molar refractivity (Wildman–Crippen MR) is 83.3 cm³/mol. The summed E-state index contributed by atoms with van der Waals surface area (Å²) in [5.41, 5.74) is -0.644. The first-order chi connectivity index (χ1) is 8.79. The molecule has 0 aliphatic rings. The highest BCUT2D eigenvalue weighted by Crippen LogP contribution is 2.21. The molecule has 19 heavy (non-hydrogen) atoms. The smallest absolute Gasteiger partial charge is 0.322 e. The fourth-order valence-corrected chi connectivity index (χ4v) is 3.09. The van der Waals surface area contributed by atoms with Crippen molar-refractivity contribution in [1.29, 1.82) is 0 Å². The van der Waals surface area contributed by atoms with Crippen LogP contribution in [0.5, 0.6) is 0 Å². The summed E-state index contributed by atoms with van der Waals surface area (Å²) in [5.74, 6) is -0.427. The van der Waals surface area contributed by atoms with E-state index in [1.54, 1.807) is 22.9 Å². The Hall–Kier alpha value is 0.390. The van der Waals surface area contributed by atoms with Crippen LogP contribution in [0.3, 0.4) is 0 Å². The summed E-state index contributed by atoms with van der Waals surface area (Å²) in [4.78, 5) is 10.9. The highest BCUT2D eigenvalue weighted by atomic mass is 127. The molecule has 0 rings (SSSR count). The first kappa shape index (κ1) is 19.4. The van der Waals surface area contributed by atoms with E-state index in [1.165, 1.54) is 18.7 Å². The van der Waals surface area contributed by atoms with Gasteiger partial charge in [0.05, 0.1) is 12.7 Å². The van der Waals surface area contributed by atoms with E-state index in [-0.39, 0.29) is 5.75 Å². The number of aliphatic carboxylic acids is 1. The second-order valence-electron chi connectivity index (χ2n) is 4.66. The molecule has 0 bridgehead atoms. The molecule has 0 aliphatic carbocycles. The highest BCUT2D eigenvalue weighted by Gasteiger charge is 2.27. The number of rotatable bonds is 10. The molecular weight excluding hydrogens is 385 g/mol. The largest absolute Gasteiger partial charge is 0.480 e. The summed E-state index contributed by atoms with van der Waals surface area (Å²) < 4.78 is 8.17. The lowest BCUT2D eigenvalue weighted by molar-refractivity contribution is -0.138. The van der Waals surface area contributed by atoms with E-state index < -0.39 is 29.7 Å². The Morgan fingerprint density at radius 2 is 1.95 bits per heavy atom. The van der Waals surface area contributed by atoms with Gasteiger partial charge in [-0.1, -0.05) is 13.8 Å². The van der Waals surface area contributed by atoms with Crippen molar-refractivity contribution in [3.8, 4) is 0 Å². The molecule has 0 aromatic rings. The van der Waals surface area contributed by atoms with E-state index >= 15 is 0 Å². The average Bonchev–Trinajstić information content (AvgIpc) is 2.31. The molecule has 0 heterocycles. The van der Waals surface area contributed by atoms with E-state index in [1.807, 2.05) is 13.8 Å². The maximum Gasteiger partial charge on any atom is 0.322 e. The molecule has 0 saturated heterocycles. The zero-order valence-corrected chi connectivity index (χ0v) is 14.2. The summed E-state index contributed by atoms with van der Waals surface area (Å²) in [7, 11) is 0. The Labute approximate surface area is 131 Å². The fourth-order valence-electron chi connectivity index (χ4n) is 1.10. The Balaban J connectivity index is 4.44. The van der Waals surface area contributed by atoms with Gasteiger partial charge in [0.25, 0.3) is 0 Å². The molecule has 0 aromatic carbocycles. The van der Waals surface area contributed by atoms with Crippen molar-refractivity contribution in [1.82, 2.24) is 3.53 Å². The molecule has 114 valence electrons. The Morgan fingerprint density at radius 1 is 1.37 bits per heavy atom. The zero-order valence-electron chi connectivity index (χ0n) is 11.2. The normalized spacial score (nSPS) is 18.1. The maximum atomic E-state index is 10.9. The van der Waals surface area contributed by atoms with E-state index in [2.05, 4.69) is 3.53 Å². The van der Waals surface area contributed by atoms with Gasteiger partial charge in [0.2, 0.25) is 0 Å². The minimum Gasteiger partial charge on any atom is -0.480 e. The minimum atomic E-state index is -1.05. The first-order valence-electron chi connectivity index (χ1n) is 5.97. The number of carboxylic acids is 1. The average molecular weight is 407 g/mol. The van der Waals surface area contributed by atoms with Crippen LogP contribution in [0.4, 0.5) is 0 Å². The molecule has 0 amide bonds. The molecule has 0 radical (unpaired) electrons. The van der Waals surface area contributed by atoms with Gasteiger partial charge in [0, 0.05) is 28.6 Å². The second kappa shape index (κ2) is 10.2. The van der Waals surface area contributed by atoms with E-state index in [9.17, 15) is 15.0 Å². The number of ether oxygens (including phenoxy) is 1. The van der Waals surface area contributed by atoms with E-state index in [0.717, 1.165) is 0 Å². The minimum absolute atomic E-state index is 0.241. The number of hydrogen-bond donors (Lipinski definition) is 4. The van der Waals surface area contributed by atoms with Gasteiger partial charge in [-0.15, -0.1) is 11.8 Å². The topological polar surface area (TPSA) is 99.0 Å². The number of hydrogen-bond acceptors (Lipinski definition) is 6. The summed E-state index contributed by atoms with van der Waals surface area (Å²) in [5, 5.41) is 28.2. The van der Waals surface area contributed by atoms with Crippen LogP contribution in [0.25, 0.3) is 0 Å². The van der Waals surface area contributed by atoms with Crippen LogP contribution >= 0.6 is 34.6 Å². The molecule has 8 heteroatoms. The molecule has 0 saturated carbocycles. The summed E-state index contributed by atoms with van der Waals surface area (Å²) in [6, 6.07) is -0.725. The molecule has 6 nitrogen and oxygen atoms in total. The second-order valence-corrected chi connectivity index (χ2v) is 6.41. The van der Waals surface area contributed by atoms with Gasteiger partial charge >= 0.3 is 5.97 Å². The maximum absolute atomic E-state index is 10.9. The van der Waals surface area contributed by atoms with Crippen molar-refractivity contribution in [3.05, 3.63) is 0 Å². The molecule has 0 spiro atoms. The number of carboxylic acid groups (broad SMARTS) is 1. The van der Waals surface area contributed by atoms with Crippen LogP contribution in [0.1, 0.15) is 20.8 Å². The number of thioether (sulfide) groups is 1. The van der Waals surface area contributed by atoms with E-state index in [4.69, 9.17) is 9.84 Å². The molecule has 4 atom stereocenters. The number of nitrogens with one attached hydrogen (secondary N) is 1. The molecule has 3 unspecified atom stereocenters. The number of aliphatic hydroxyl groups excluding tert-OH is 2. The van der Waals surface area contributed by atoms with Gasteiger partial charge < -0.3 is 20.1 Å². The fraction of sp³-hybridized carbons (Fsp3) is 0.909. The third kappa shape index (κ3) is 8.30. The van der Waals surface area contributed by atoms with Crippen LogP contribution in [0.2, 0.25) is 0 Å². The summed E-state index contributed by atoms with van der Waals surface area (Å²) in [6.07, 6.45) is -1.98. The van der Waals surface area contributed by atoms with Crippen molar-refractivity contribution in [2.75, 3.05) is 12.4 Å². The Morgan fingerprint density at radius 3 is 2.32 bits per heavy atom. The lowest BCUT2D eigenvalue weighted by atomic mass is 10.2. The third-order valence-corrected chi connectivity index (χ3v) is 4.24. The molecular formula is C11H22INO5S. The van der Waals surface area contributed by atoms with Gasteiger partial charge in [0.1, 0.15) is 17.6 Å². The lowest BCUT2D eigenvalue weighted by Gasteiger charge is -2.26. The number of halogens is 1. The van der Waals surface area contributed by atoms with Crippen LogP contribution in [0, 0.1) is 5.92 Å². The monoisotopic (exact) mass is 407 g/mol. The van der Waals surface area contributed by atoms with Gasteiger partial charge in [-0.25, -0.2) is 3.53 Å². The van der Waals surface area contributed by atoms with Crippen molar-refractivity contribution >= 4 is 40.6 Å². The molecule has 0 fully saturated rings. The zero-order chi connectivity index (χ0) is 15.0. The van der Waals surface area contributed by atoms with E-state index in [0.29, 0.717) is 12.5 Å². The SMILES string of the molecule is CC(C)COC(SCC(NI)C(=O)O)[C@H](O)C(C)O. The molecule has 0 aromatic heterocycles. The van der Waals surface area contributed by atoms with Crippen molar-refractivity contribution < 1.29 is 24.9 Å². The Bertz CT molecular complexity index is 267. The quantitative estimate of drug-likeness (QED) is 0.242. The van der Waals surface area contributed by atoms with Crippen LogP contribution in [-0.4, -0.2) is 57.3 Å². The summed E-state index contributed by atoms with van der Waals surface area (Å²) >= 11 is 2.96. The standard InChI is InChI=1S/C11H22INO5S/c1-6(2)4-18-11(9(15)7(3)14)19-5-8(13-12)10(16)17/h6-9,11,13-15H,4-5H2,1-3H3,(H,16,17)/t7?,8?,9-,11?/m1/s1. The van der Waals surface area contributed by atoms with Crippen molar-refractivity contribution in [2.24, 2.45) is 5.92 Å². The van der Waals surface area contributed by atoms with Gasteiger partial charge in [-0.05, 0) is 12.8 Å². The predicted octanol–water partition coefficient (Wildman–Crippen LogP) is 0.853. The van der Waals surface area contributed by atoms with Gasteiger partial charge in [0.15, 0.2) is 0 Å². The van der Waals surface area contributed by atoms with Crippen LogP contribution in [-0.2, 0) is 9.53 Å². The van der Waals surface area contributed by atoms with Crippen LogP contribution < -0.4 is 3.53 Å². The van der Waals surface area contributed by atoms with Gasteiger partial charge in [-0.2, -0.15) is 0 Å². The first-order valence-corrected chi connectivity index (χ1v) is 8.10. The summed E-state index contributed by atoms with van der Waals surface area (Å²) in [6.45, 7) is 5.87.